The van der Waals surface area contributed by atoms with Gasteiger partial charge in [-0.1, -0.05) is 0 Å². The molecule has 0 unspecified atom stereocenters. The van der Waals surface area contributed by atoms with E-state index in [0.29, 0.717) is 4.57 Å². The van der Waals surface area contributed by atoms with Crippen LogP contribution in [0.2, 0.25) is 0 Å². The number of rotatable bonds is 1. The molecule has 0 aliphatic carbocycles. The number of nitrogens with one attached hydrogen (secondary N) is 1. The smallest absolute Gasteiger partial charge is 0.200 e. The largest absolute Gasteiger partial charge is 0.266 e. The first-order valence-corrected chi connectivity index (χ1v) is 4.93. The van der Waals surface area contributed by atoms with Crippen LogP contribution in [0.3, 0.4) is 0 Å². The highest BCUT2D eigenvalue weighted by molar-refractivity contribution is 7.71. The molecule has 1 aromatic carbocycles. The van der Waals surface area contributed by atoms with E-state index >= 15 is 0 Å². The zero-order valence-electron chi connectivity index (χ0n) is 8.69. The normalized spacial score (nSPS) is 11.0. The Bertz CT molecular complexity index is 661. The molecule has 0 aliphatic heterocycles. The molecule has 3 nitrogen and oxygen atoms in total. The fourth-order valence-electron chi connectivity index (χ4n) is 1.43. The summed E-state index contributed by atoms with van der Waals surface area (Å²) in [5.41, 5.74) is -1.15. The van der Waals surface area contributed by atoms with Crippen LogP contribution in [0.4, 0.5) is 22.0 Å². The number of aromatic amines is 1. The third kappa shape index (κ3) is 1.62. The maximum absolute atomic E-state index is 13.5. The molecule has 0 fully saturated rings. The van der Waals surface area contributed by atoms with Gasteiger partial charge in [-0.2, -0.15) is 5.10 Å². The molecule has 1 aromatic heterocycles. The lowest BCUT2D eigenvalue weighted by atomic mass is 10.2. The number of nitrogens with zero attached hydrogens (tertiary/aromatic N) is 2. The van der Waals surface area contributed by atoms with Crippen molar-refractivity contribution in [1.29, 1.82) is 0 Å². The predicted octanol–water partition coefficient (Wildman–Crippen LogP) is 2.93. The van der Waals surface area contributed by atoms with Gasteiger partial charge in [0.1, 0.15) is 11.5 Å². The average molecular weight is 281 g/mol. The summed E-state index contributed by atoms with van der Waals surface area (Å²) in [4.78, 5) is 0. The summed E-state index contributed by atoms with van der Waals surface area (Å²) in [6.07, 6.45) is 0. The van der Waals surface area contributed by atoms with Gasteiger partial charge in [0, 0.05) is 0 Å². The van der Waals surface area contributed by atoms with Gasteiger partial charge in [-0.25, -0.2) is 22.0 Å². The van der Waals surface area contributed by atoms with Crippen LogP contribution in [0.1, 0.15) is 5.82 Å². The maximum atomic E-state index is 13.5. The Balaban J connectivity index is 2.93. The van der Waals surface area contributed by atoms with Crippen molar-refractivity contribution in [3.63, 3.8) is 0 Å². The highest BCUT2D eigenvalue weighted by Crippen LogP contribution is 2.26. The van der Waals surface area contributed by atoms with Gasteiger partial charge < -0.3 is 0 Å². The van der Waals surface area contributed by atoms with Crippen molar-refractivity contribution in [2.75, 3.05) is 0 Å². The molecule has 1 heterocycles. The van der Waals surface area contributed by atoms with Crippen LogP contribution < -0.4 is 0 Å². The molecule has 18 heavy (non-hydrogen) atoms. The summed E-state index contributed by atoms with van der Waals surface area (Å²) in [5, 5.41) is 5.72. The summed E-state index contributed by atoms with van der Waals surface area (Å²) in [7, 11) is 0. The summed E-state index contributed by atoms with van der Waals surface area (Å²) >= 11 is 4.67. The summed E-state index contributed by atoms with van der Waals surface area (Å²) in [6, 6.07) is 0. The summed E-state index contributed by atoms with van der Waals surface area (Å²) in [6.45, 7) is 1.30. The summed E-state index contributed by atoms with van der Waals surface area (Å²) < 4.78 is 66.2. The molecule has 2 rings (SSSR count). The molecule has 9 heteroatoms. The lowest BCUT2D eigenvalue weighted by Gasteiger charge is -2.09. The molecule has 0 amide bonds. The van der Waals surface area contributed by atoms with Crippen LogP contribution in [0.25, 0.3) is 5.69 Å². The van der Waals surface area contributed by atoms with Gasteiger partial charge >= 0.3 is 0 Å². The number of benzene rings is 1. The number of H-pyrrole nitrogens is 1. The molecule has 0 saturated carbocycles. The lowest BCUT2D eigenvalue weighted by molar-refractivity contribution is 0.375. The van der Waals surface area contributed by atoms with Gasteiger partial charge in [0.15, 0.2) is 28.0 Å². The van der Waals surface area contributed by atoms with Gasteiger partial charge in [0.2, 0.25) is 5.82 Å². The number of aromatic nitrogens is 3. The van der Waals surface area contributed by atoms with Gasteiger partial charge in [-0.05, 0) is 19.1 Å². The third-order valence-corrected chi connectivity index (χ3v) is 2.52. The zero-order valence-corrected chi connectivity index (χ0v) is 9.51. The Hall–Kier alpha value is -1.77. The van der Waals surface area contributed by atoms with Crippen LogP contribution in [0.15, 0.2) is 0 Å². The second kappa shape index (κ2) is 4.16. The Morgan fingerprint density at radius 3 is 1.78 bits per heavy atom. The van der Waals surface area contributed by atoms with Crippen LogP contribution in [-0.4, -0.2) is 14.8 Å². The SMILES string of the molecule is Cc1n[nH]c(=S)n1-c1c(F)c(F)c(F)c(F)c1F. The minimum atomic E-state index is -2.22. The molecular formula is C9H4F5N3S. The van der Waals surface area contributed by atoms with E-state index in [0.717, 1.165) is 0 Å². The molecular weight excluding hydrogens is 277 g/mol. The van der Waals surface area contributed by atoms with E-state index in [4.69, 9.17) is 0 Å². The monoisotopic (exact) mass is 281 g/mol. The van der Waals surface area contributed by atoms with E-state index in [1.807, 2.05) is 0 Å². The van der Waals surface area contributed by atoms with Crippen molar-refractivity contribution < 1.29 is 22.0 Å². The topological polar surface area (TPSA) is 33.6 Å². The molecule has 0 bridgehead atoms. The van der Waals surface area contributed by atoms with E-state index in [2.05, 4.69) is 22.4 Å². The van der Waals surface area contributed by atoms with E-state index < -0.39 is 34.8 Å². The van der Waals surface area contributed by atoms with Crippen molar-refractivity contribution in [1.82, 2.24) is 14.8 Å². The first-order valence-electron chi connectivity index (χ1n) is 4.52. The van der Waals surface area contributed by atoms with Crippen LogP contribution in [0, 0.1) is 40.8 Å². The first-order chi connectivity index (χ1) is 8.36. The predicted molar refractivity (Wildman–Crippen MR) is 53.3 cm³/mol. The minimum absolute atomic E-state index is 0.0387. The zero-order chi connectivity index (χ0) is 13.6. The number of hydrogen-bond acceptors (Lipinski definition) is 2. The van der Waals surface area contributed by atoms with E-state index in [-0.39, 0.29) is 10.6 Å². The quantitative estimate of drug-likeness (QED) is 0.377. The molecule has 0 saturated heterocycles. The van der Waals surface area contributed by atoms with Crippen molar-refractivity contribution in [2.24, 2.45) is 0 Å². The Labute approximate surface area is 102 Å². The number of aryl methyl sites for hydroxylation is 1. The maximum Gasteiger partial charge on any atom is 0.200 e. The Morgan fingerprint density at radius 2 is 1.39 bits per heavy atom. The molecule has 0 atom stereocenters. The number of hydrogen-bond donors (Lipinski definition) is 1. The highest BCUT2D eigenvalue weighted by Gasteiger charge is 2.28. The van der Waals surface area contributed by atoms with E-state index in [1.54, 1.807) is 0 Å². The third-order valence-electron chi connectivity index (χ3n) is 2.25. The van der Waals surface area contributed by atoms with Gasteiger partial charge in [-0.3, -0.25) is 9.67 Å². The lowest BCUT2D eigenvalue weighted by Crippen LogP contribution is -2.10. The van der Waals surface area contributed by atoms with Gasteiger partial charge in [-0.15, -0.1) is 0 Å². The van der Waals surface area contributed by atoms with E-state index in [9.17, 15) is 22.0 Å². The summed E-state index contributed by atoms with van der Waals surface area (Å²) in [5.74, 6) is -10.3. The minimum Gasteiger partial charge on any atom is -0.266 e. The molecule has 0 radical (unpaired) electrons. The van der Waals surface area contributed by atoms with Crippen molar-refractivity contribution in [3.8, 4) is 5.69 Å². The van der Waals surface area contributed by atoms with E-state index in [1.165, 1.54) is 6.92 Å². The van der Waals surface area contributed by atoms with Crippen molar-refractivity contribution >= 4 is 12.2 Å². The molecule has 1 N–H and O–H groups in total. The Kier molecular flexibility index (Phi) is 2.93. The fraction of sp³-hybridized carbons (Fsp3) is 0.111. The molecule has 0 spiro atoms. The first kappa shape index (κ1) is 12.7. The molecule has 2 aromatic rings. The van der Waals surface area contributed by atoms with Crippen LogP contribution >= 0.6 is 12.2 Å². The fourth-order valence-corrected chi connectivity index (χ4v) is 1.70. The molecule has 0 aliphatic rings. The Morgan fingerprint density at radius 1 is 0.944 bits per heavy atom. The average Bonchev–Trinajstić information content (AvgIpc) is 2.66. The molecule has 96 valence electrons. The second-order valence-electron chi connectivity index (χ2n) is 3.33. The highest BCUT2D eigenvalue weighted by atomic mass is 32.1. The second-order valence-corrected chi connectivity index (χ2v) is 3.72. The standard InChI is InChI=1S/C9H4F5N3S/c1-2-15-16-9(18)17(2)8-6(13)4(11)3(10)5(12)7(8)14/h1H3,(H,16,18). The van der Waals surface area contributed by atoms with Gasteiger partial charge in [0.25, 0.3) is 0 Å². The van der Waals surface area contributed by atoms with Crippen LogP contribution in [0.5, 0.6) is 0 Å². The van der Waals surface area contributed by atoms with Crippen molar-refractivity contribution in [2.45, 2.75) is 6.92 Å². The van der Waals surface area contributed by atoms with Crippen LogP contribution in [-0.2, 0) is 0 Å². The van der Waals surface area contributed by atoms with Crippen molar-refractivity contribution in [3.05, 3.63) is 39.7 Å². The van der Waals surface area contributed by atoms with Gasteiger partial charge in [0.05, 0.1) is 0 Å². The number of halogens is 5.